The summed E-state index contributed by atoms with van der Waals surface area (Å²) in [5, 5.41) is 2.23. The van der Waals surface area contributed by atoms with Gasteiger partial charge in [-0.3, -0.25) is 19.3 Å². The maximum absolute atomic E-state index is 12.7. The molecule has 1 fully saturated rings. The number of hydrogen-bond acceptors (Lipinski definition) is 5. The van der Waals surface area contributed by atoms with Crippen molar-refractivity contribution in [3.8, 4) is 5.75 Å². The molecular weight excluding hydrogens is 456 g/mol. The fourth-order valence-corrected chi connectivity index (χ4v) is 3.97. The molecule has 0 aliphatic carbocycles. The van der Waals surface area contributed by atoms with Crippen LogP contribution >= 0.6 is 27.7 Å². The summed E-state index contributed by atoms with van der Waals surface area (Å²) in [5.41, 5.74) is 2.29. The number of amides is 3. The fourth-order valence-electron chi connectivity index (χ4n) is 2.76. The molecule has 1 N–H and O–H groups in total. The van der Waals surface area contributed by atoms with E-state index in [1.54, 1.807) is 18.2 Å². The molecule has 150 valence electrons. The summed E-state index contributed by atoms with van der Waals surface area (Å²) in [4.78, 5) is 38.5. The first-order valence-corrected chi connectivity index (χ1v) is 10.5. The van der Waals surface area contributed by atoms with Gasteiger partial charge in [-0.15, -0.1) is 0 Å². The van der Waals surface area contributed by atoms with Crippen molar-refractivity contribution < 1.29 is 19.1 Å². The molecule has 8 heteroatoms. The van der Waals surface area contributed by atoms with Crippen LogP contribution in [0.15, 0.2) is 51.8 Å². The number of aryl methyl sites for hydroxylation is 1. The zero-order chi connectivity index (χ0) is 21.0. The quantitative estimate of drug-likeness (QED) is 0.606. The number of halogens is 1. The van der Waals surface area contributed by atoms with Crippen molar-refractivity contribution in [2.75, 3.05) is 18.5 Å². The van der Waals surface area contributed by atoms with Crippen molar-refractivity contribution >= 4 is 56.5 Å². The van der Waals surface area contributed by atoms with E-state index in [1.807, 2.05) is 44.2 Å². The monoisotopic (exact) mass is 474 g/mol. The Balaban J connectivity index is 1.75. The third-order valence-corrected chi connectivity index (χ3v) is 5.44. The van der Waals surface area contributed by atoms with Crippen LogP contribution in [-0.4, -0.2) is 35.1 Å². The van der Waals surface area contributed by atoms with Crippen molar-refractivity contribution in [1.29, 1.82) is 0 Å². The van der Waals surface area contributed by atoms with Crippen LogP contribution in [0, 0.1) is 6.92 Å². The molecule has 3 rings (SSSR count). The summed E-state index contributed by atoms with van der Waals surface area (Å²) >= 11 is 4.21. The Hall–Kier alpha value is -2.58. The lowest BCUT2D eigenvalue weighted by atomic mass is 10.2. The highest BCUT2D eigenvalue weighted by atomic mass is 79.9. The minimum Gasteiger partial charge on any atom is -0.493 e. The van der Waals surface area contributed by atoms with E-state index in [4.69, 9.17) is 4.74 Å². The van der Waals surface area contributed by atoms with Gasteiger partial charge in [-0.2, -0.15) is 0 Å². The molecule has 3 amide bonds. The van der Waals surface area contributed by atoms with E-state index in [-0.39, 0.29) is 11.4 Å². The first kappa shape index (κ1) is 21.1. The van der Waals surface area contributed by atoms with Gasteiger partial charge in [0.2, 0.25) is 5.91 Å². The normalized spacial score (nSPS) is 15.1. The van der Waals surface area contributed by atoms with E-state index >= 15 is 0 Å². The second-order valence-corrected chi connectivity index (χ2v) is 8.21. The van der Waals surface area contributed by atoms with Gasteiger partial charge in [-0.1, -0.05) is 28.1 Å². The Bertz CT molecular complexity index is 1010. The molecule has 0 unspecified atom stereocenters. The van der Waals surface area contributed by atoms with Gasteiger partial charge in [0, 0.05) is 15.7 Å². The lowest BCUT2D eigenvalue weighted by molar-refractivity contribution is -0.127. The smallest absolute Gasteiger partial charge is 0.294 e. The molecule has 1 aliphatic heterocycles. The molecule has 0 spiro atoms. The molecule has 1 heterocycles. The van der Waals surface area contributed by atoms with E-state index in [1.165, 1.54) is 0 Å². The molecule has 0 atom stereocenters. The fraction of sp³-hybridized carbons (Fsp3) is 0.190. The molecule has 0 saturated carbocycles. The van der Waals surface area contributed by atoms with Crippen LogP contribution in [0.4, 0.5) is 10.5 Å². The number of imide groups is 1. The van der Waals surface area contributed by atoms with Gasteiger partial charge in [-0.25, -0.2) is 0 Å². The highest BCUT2D eigenvalue weighted by molar-refractivity contribution is 9.10. The van der Waals surface area contributed by atoms with Crippen LogP contribution in [0.25, 0.3) is 6.08 Å². The van der Waals surface area contributed by atoms with E-state index in [0.29, 0.717) is 23.6 Å². The van der Waals surface area contributed by atoms with Crippen molar-refractivity contribution in [1.82, 2.24) is 4.90 Å². The average Bonchev–Trinajstić information content (AvgIpc) is 2.91. The number of carbonyl (C=O) groups is 3. The zero-order valence-electron chi connectivity index (χ0n) is 15.9. The topological polar surface area (TPSA) is 75.7 Å². The van der Waals surface area contributed by atoms with Gasteiger partial charge in [0.25, 0.3) is 11.1 Å². The number of ether oxygens (including phenoxy) is 1. The van der Waals surface area contributed by atoms with Crippen molar-refractivity contribution in [3.05, 3.63) is 63.0 Å². The third kappa shape index (κ3) is 5.27. The van der Waals surface area contributed by atoms with Crippen LogP contribution in [0.1, 0.15) is 18.1 Å². The Kier molecular flexibility index (Phi) is 6.76. The Morgan fingerprint density at radius 2 is 2.03 bits per heavy atom. The number of nitrogens with one attached hydrogen (secondary N) is 1. The molecular formula is C21H19BrN2O4S. The van der Waals surface area contributed by atoms with E-state index in [0.717, 1.165) is 26.7 Å². The summed E-state index contributed by atoms with van der Waals surface area (Å²) < 4.78 is 6.41. The van der Waals surface area contributed by atoms with Crippen LogP contribution in [0.3, 0.4) is 0 Å². The summed E-state index contributed by atoms with van der Waals surface area (Å²) in [5.74, 6) is -0.321. The van der Waals surface area contributed by atoms with E-state index in [2.05, 4.69) is 21.2 Å². The Morgan fingerprint density at radius 3 is 2.76 bits per heavy atom. The molecule has 29 heavy (non-hydrogen) atoms. The molecule has 0 aromatic heterocycles. The predicted octanol–water partition coefficient (Wildman–Crippen LogP) is 4.83. The van der Waals surface area contributed by atoms with Gasteiger partial charge < -0.3 is 10.1 Å². The number of carbonyl (C=O) groups excluding carboxylic acids is 3. The standard InChI is InChI=1S/C21H19BrN2O4S/c1-3-28-17-8-7-15(22)10-14(17)11-18-20(26)24(21(27)29-18)12-19(25)23-16-6-4-5-13(2)9-16/h4-11H,3,12H2,1-2H3,(H,23,25)/b18-11-. The molecule has 1 saturated heterocycles. The lowest BCUT2D eigenvalue weighted by Crippen LogP contribution is -2.36. The first-order chi connectivity index (χ1) is 13.9. The Morgan fingerprint density at radius 1 is 1.24 bits per heavy atom. The van der Waals surface area contributed by atoms with Crippen molar-refractivity contribution in [3.63, 3.8) is 0 Å². The van der Waals surface area contributed by atoms with E-state index < -0.39 is 17.1 Å². The predicted molar refractivity (Wildman–Crippen MR) is 118 cm³/mol. The highest BCUT2D eigenvalue weighted by Gasteiger charge is 2.36. The number of nitrogens with zero attached hydrogens (tertiary/aromatic N) is 1. The molecule has 6 nitrogen and oxygen atoms in total. The average molecular weight is 475 g/mol. The summed E-state index contributed by atoms with van der Waals surface area (Å²) in [6.07, 6.45) is 1.61. The van der Waals surface area contributed by atoms with Crippen LogP contribution in [0.5, 0.6) is 5.75 Å². The minimum absolute atomic E-state index is 0.248. The largest absolute Gasteiger partial charge is 0.493 e. The number of thioether (sulfide) groups is 1. The summed E-state index contributed by atoms with van der Waals surface area (Å²) in [7, 11) is 0. The minimum atomic E-state index is -0.498. The molecule has 0 radical (unpaired) electrons. The second-order valence-electron chi connectivity index (χ2n) is 6.30. The van der Waals surface area contributed by atoms with Gasteiger partial charge in [-0.05, 0) is 67.6 Å². The maximum atomic E-state index is 12.7. The van der Waals surface area contributed by atoms with Gasteiger partial charge in [0.1, 0.15) is 12.3 Å². The van der Waals surface area contributed by atoms with Crippen LogP contribution < -0.4 is 10.1 Å². The zero-order valence-corrected chi connectivity index (χ0v) is 18.3. The number of anilines is 1. The molecule has 0 bridgehead atoms. The van der Waals surface area contributed by atoms with Gasteiger partial charge >= 0.3 is 0 Å². The SMILES string of the molecule is CCOc1ccc(Br)cc1/C=C1\SC(=O)N(CC(=O)Nc2cccc(C)c2)C1=O. The van der Waals surface area contributed by atoms with Gasteiger partial charge in [0.15, 0.2) is 0 Å². The third-order valence-electron chi connectivity index (χ3n) is 4.04. The summed E-state index contributed by atoms with van der Waals surface area (Å²) in [6, 6.07) is 12.7. The highest BCUT2D eigenvalue weighted by Crippen LogP contribution is 2.34. The molecule has 1 aliphatic rings. The van der Waals surface area contributed by atoms with Crippen LogP contribution in [0.2, 0.25) is 0 Å². The second kappa shape index (κ2) is 9.28. The molecule has 2 aromatic rings. The van der Waals surface area contributed by atoms with Gasteiger partial charge in [0.05, 0.1) is 11.5 Å². The maximum Gasteiger partial charge on any atom is 0.294 e. The van der Waals surface area contributed by atoms with Crippen molar-refractivity contribution in [2.45, 2.75) is 13.8 Å². The summed E-state index contributed by atoms with van der Waals surface area (Å²) in [6.45, 7) is 3.91. The molecule has 2 aromatic carbocycles. The van der Waals surface area contributed by atoms with E-state index in [9.17, 15) is 14.4 Å². The lowest BCUT2D eigenvalue weighted by Gasteiger charge is -2.12. The number of hydrogen-bond donors (Lipinski definition) is 1. The Labute approximate surface area is 181 Å². The first-order valence-electron chi connectivity index (χ1n) is 8.91. The number of rotatable bonds is 6. The van der Waals surface area contributed by atoms with Crippen molar-refractivity contribution in [2.24, 2.45) is 0 Å². The van der Waals surface area contributed by atoms with Crippen LogP contribution in [-0.2, 0) is 9.59 Å². The number of benzene rings is 2.